The Bertz CT molecular complexity index is 502. The van der Waals surface area contributed by atoms with Crippen LogP contribution in [0.1, 0.15) is 12.0 Å². The zero-order chi connectivity index (χ0) is 15.0. The Morgan fingerprint density at radius 3 is 2.80 bits per heavy atom. The van der Waals surface area contributed by atoms with Crippen LogP contribution in [0.4, 0.5) is 10.1 Å². The molecule has 108 valence electrons. The van der Waals surface area contributed by atoms with E-state index in [2.05, 4.69) is 0 Å². The summed E-state index contributed by atoms with van der Waals surface area (Å²) in [5, 5.41) is 19.1. The van der Waals surface area contributed by atoms with Gasteiger partial charge in [0.15, 0.2) is 0 Å². The summed E-state index contributed by atoms with van der Waals surface area (Å²) in [6, 6.07) is 5.88. The summed E-state index contributed by atoms with van der Waals surface area (Å²) in [5.41, 5.74) is 0.0939. The Morgan fingerprint density at radius 2 is 2.25 bits per heavy atom. The topological polar surface area (TPSA) is 79.4 Å². The van der Waals surface area contributed by atoms with Crippen molar-refractivity contribution in [3.05, 3.63) is 39.7 Å². The first kappa shape index (κ1) is 16.0. The van der Waals surface area contributed by atoms with Crippen molar-refractivity contribution < 1.29 is 14.1 Å². The molecule has 0 N–H and O–H groups in total. The van der Waals surface area contributed by atoms with E-state index < -0.39 is 16.4 Å². The van der Waals surface area contributed by atoms with Crippen molar-refractivity contribution in [2.24, 2.45) is 0 Å². The predicted molar refractivity (Wildman–Crippen MR) is 70.4 cm³/mol. The van der Waals surface area contributed by atoms with Crippen LogP contribution < -0.4 is 0 Å². The van der Waals surface area contributed by atoms with Gasteiger partial charge in [0.2, 0.25) is 5.82 Å². The number of methoxy groups -OCH3 is 1. The largest absolute Gasteiger partial charge is 0.383 e. The minimum absolute atomic E-state index is 0.360. The highest BCUT2D eigenvalue weighted by Crippen LogP contribution is 2.19. The summed E-state index contributed by atoms with van der Waals surface area (Å²) in [4.78, 5) is 11.7. The average molecular weight is 281 g/mol. The van der Waals surface area contributed by atoms with Gasteiger partial charge in [-0.3, -0.25) is 15.0 Å². The van der Waals surface area contributed by atoms with Crippen LogP contribution in [-0.2, 0) is 11.3 Å². The molecule has 0 aliphatic carbocycles. The van der Waals surface area contributed by atoms with Crippen molar-refractivity contribution in [3.8, 4) is 6.07 Å². The maximum Gasteiger partial charge on any atom is 0.304 e. The number of hydrogen-bond donors (Lipinski definition) is 0. The van der Waals surface area contributed by atoms with E-state index in [4.69, 9.17) is 10.00 Å². The molecule has 0 radical (unpaired) electrons. The molecule has 0 unspecified atom stereocenters. The molecular formula is C13H16FN3O3. The van der Waals surface area contributed by atoms with Crippen molar-refractivity contribution >= 4 is 5.69 Å². The number of nitro groups is 1. The van der Waals surface area contributed by atoms with E-state index in [1.807, 2.05) is 11.0 Å². The van der Waals surface area contributed by atoms with Crippen LogP contribution in [0, 0.1) is 27.3 Å². The minimum Gasteiger partial charge on any atom is -0.383 e. The van der Waals surface area contributed by atoms with Gasteiger partial charge < -0.3 is 4.74 Å². The fourth-order valence-electron chi connectivity index (χ4n) is 1.75. The standard InChI is InChI=1S/C13H16FN3O3/c1-20-8-7-16(6-2-5-15)10-11-3-4-13(17(18)19)12(14)9-11/h3-4,9H,2,6-8,10H2,1H3. The molecule has 0 aliphatic heterocycles. The molecule has 1 rings (SSSR count). The fraction of sp³-hybridized carbons (Fsp3) is 0.462. The Kier molecular flexibility index (Phi) is 6.56. The number of nitro benzene ring substituents is 1. The molecule has 0 spiro atoms. The first-order valence-electron chi connectivity index (χ1n) is 6.09. The smallest absolute Gasteiger partial charge is 0.304 e. The quantitative estimate of drug-likeness (QED) is 0.538. The Hall–Kier alpha value is -2.04. The van der Waals surface area contributed by atoms with Crippen molar-refractivity contribution in [1.82, 2.24) is 4.90 Å². The molecule has 0 aliphatic rings. The predicted octanol–water partition coefficient (Wildman–Crippen LogP) is 2.10. The highest BCUT2D eigenvalue weighted by atomic mass is 19.1. The molecule has 0 saturated heterocycles. The zero-order valence-corrected chi connectivity index (χ0v) is 11.2. The van der Waals surface area contributed by atoms with E-state index in [1.165, 1.54) is 6.07 Å². The third-order valence-corrected chi connectivity index (χ3v) is 2.77. The van der Waals surface area contributed by atoms with Crippen molar-refractivity contribution in [2.75, 3.05) is 26.8 Å². The normalized spacial score (nSPS) is 10.5. The number of halogens is 1. The highest BCUT2D eigenvalue weighted by Gasteiger charge is 2.15. The monoisotopic (exact) mass is 281 g/mol. The summed E-state index contributed by atoms with van der Waals surface area (Å²) >= 11 is 0. The SMILES string of the molecule is COCCN(CCC#N)Cc1ccc([N+](=O)[O-])c(F)c1. The lowest BCUT2D eigenvalue weighted by Gasteiger charge is -2.20. The van der Waals surface area contributed by atoms with E-state index in [0.29, 0.717) is 38.2 Å². The molecule has 0 aromatic heterocycles. The molecule has 1 aromatic rings. The Morgan fingerprint density at radius 1 is 1.50 bits per heavy atom. The highest BCUT2D eigenvalue weighted by molar-refractivity contribution is 5.34. The van der Waals surface area contributed by atoms with E-state index in [1.54, 1.807) is 7.11 Å². The van der Waals surface area contributed by atoms with Gasteiger partial charge in [0, 0.05) is 39.2 Å². The van der Waals surface area contributed by atoms with Crippen LogP contribution in [-0.4, -0.2) is 36.6 Å². The van der Waals surface area contributed by atoms with Crippen LogP contribution in [0.5, 0.6) is 0 Å². The molecule has 1 aromatic carbocycles. The molecular weight excluding hydrogens is 265 g/mol. The third kappa shape index (κ3) is 4.91. The fourth-order valence-corrected chi connectivity index (χ4v) is 1.75. The van der Waals surface area contributed by atoms with Crippen LogP contribution in [0.2, 0.25) is 0 Å². The molecule has 0 heterocycles. The second kappa shape index (κ2) is 8.19. The molecule has 6 nitrogen and oxygen atoms in total. The van der Waals surface area contributed by atoms with E-state index in [-0.39, 0.29) is 0 Å². The van der Waals surface area contributed by atoms with E-state index in [0.717, 1.165) is 12.1 Å². The minimum atomic E-state index is -0.848. The van der Waals surface area contributed by atoms with Gasteiger partial charge in [0.25, 0.3) is 0 Å². The average Bonchev–Trinajstić information content (AvgIpc) is 2.41. The molecule has 7 heteroatoms. The summed E-state index contributed by atoms with van der Waals surface area (Å²) in [6.45, 7) is 2.07. The van der Waals surface area contributed by atoms with Crippen LogP contribution >= 0.6 is 0 Å². The number of nitrogens with zero attached hydrogens (tertiary/aromatic N) is 3. The molecule has 0 saturated carbocycles. The number of hydrogen-bond acceptors (Lipinski definition) is 5. The summed E-state index contributed by atoms with van der Waals surface area (Å²) < 4.78 is 18.5. The lowest BCUT2D eigenvalue weighted by Crippen LogP contribution is -2.28. The summed E-state index contributed by atoms with van der Waals surface area (Å²) in [6.07, 6.45) is 0.360. The van der Waals surface area contributed by atoms with Crippen LogP contribution in [0.3, 0.4) is 0 Å². The maximum atomic E-state index is 13.5. The first-order valence-corrected chi connectivity index (χ1v) is 6.09. The van der Waals surface area contributed by atoms with Crippen LogP contribution in [0.25, 0.3) is 0 Å². The third-order valence-electron chi connectivity index (χ3n) is 2.77. The van der Waals surface area contributed by atoms with Gasteiger partial charge in [-0.15, -0.1) is 0 Å². The van der Waals surface area contributed by atoms with Gasteiger partial charge >= 0.3 is 5.69 Å². The second-order valence-electron chi connectivity index (χ2n) is 4.22. The lowest BCUT2D eigenvalue weighted by atomic mass is 10.2. The molecule has 0 atom stereocenters. The van der Waals surface area contributed by atoms with Crippen LogP contribution in [0.15, 0.2) is 18.2 Å². The zero-order valence-electron chi connectivity index (χ0n) is 11.2. The van der Waals surface area contributed by atoms with Gasteiger partial charge in [0.05, 0.1) is 17.6 Å². The van der Waals surface area contributed by atoms with Crippen molar-refractivity contribution in [2.45, 2.75) is 13.0 Å². The van der Waals surface area contributed by atoms with Gasteiger partial charge in [-0.2, -0.15) is 9.65 Å². The number of benzene rings is 1. The van der Waals surface area contributed by atoms with Gasteiger partial charge in [-0.05, 0) is 11.6 Å². The maximum absolute atomic E-state index is 13.5. The Balaban J connectivity index is 2.74. The number of ether oxygens (including phenoxy) is 1. The van der Waals surface area contributed by atoms with Crippen molar-refractivity contribution in [3.63, 3.8) is 0 Å². The lowest BCUT2D eigenvalue weighted by molar-refractivity contribution is -0.387. The summed E-state index contributed by atoms with van der Waals surface area (Å²) in [5.74, 6) is -0.848. The van der Waals surface area contributed by atoms with E-state index in [9.17, 15) is 14.5 Å². The number of nitriles is 1. The number of rotatable bonds is 8. The molecule has 0 amide bonds. The van der Waals surface area contributed by atoms with Gasteiger partial charge in [-0.25, -0.2) is 0 Å². The van der Waals surface area contributed by atoms with Gasteiger partial charge in [0.1, 0.15) is 0 Å². The molecule has 0 fully saturated rings. The summed E-state index contributed by atoms with van der Waals surface area (Å²) in [7, 11) is 1.58. The second-order valence-corrected chi connectivity index (χ2v) is 4.22. The Labute approximate surface area is 116 Å². The van der Waals surface area contributed by atoms with Crippen molar-refractivity contribution in [1.29, 1.82) is 5.26 Å². The molecule has 20 heavy (non-hydrogen) atoms. The first-order chi connectivity index (χ1) is 9.58. The molecule has 0 bridgehead atoms. The van der Waals surface area contributed by atoms with Gasteiger partial charge in [-0.1, -0.05) is 6.07 Å². The van der Waals surface area contributed by atoms with E-state index >= 15 is 0 Å².